The number of imidazole rings is 1. The van der Waals surface area contributed by atoms with Crippen molar-refractivity contribution in [3.8, 4) is 0 Å². The molecular formula is C15H26N4O. The molecule has 20 heavy (non-hydrogen) atoms. The van der Waals surface area contributed by atoms with Crippen LogP contribution >= 0.6 is 0 Å². The third-order valence-electron chi connectivity index (χ3n) is 4.08. The van der Waals surface area contributed by atoms with Gasteiger partial charge >= 0.3 is 0 Å². The van der Waals surface area contributed by atoms with E-state index in [0.29, 0.717) is 12.6 Å². The SMILES string of the molecule is CC[C@H](C(=O)NC1CCCC1)N(C)Cc1ncc(C)[nH]1. The lowest BCUT2D eigenvalue weighted by atomic mass is 10.1. The molecule has 2 rings (SSSR count). The maximum Gasteiger partial charge on any atom is 0.237 e. The van der Waals surface area contributed by atoms with Crippen molar-refractivity contribution in [1.82, 2.24) is 20.2 Å². The van der Waals surface area contributed by atoms with Crippen LogP contribution in [0.5, 0.6) is 0 Å². The molecule has 0 radical (unpaired) electrons. The molecule has 0 spiro atoms. The van der Waals surface area contributed by atoms with Crippen LogP contribution in [-0.4, -0.2) is 39.9 Å². The first-order chi connectivity index (χ1) is 9.60. The lowest BCUT2D eigenvalue weighted by molar-refractivity contribution is -0.127. The Morgan fingerprint density at radius 1 is 1.55 bits per heavy atom. The molecule has 1 aromatic heterocycles. The van der Waals surface area contributed by atoms with Gasteiger partial charge in [0.05, 0.1) is 12.6 Å². The second kappa shape index (κ2) is 6.88. The van der Waals surface area contributed by atoms with Crippen molar-refractivity contribution < 1.29 is 4.79 Å². The molecule has 112 valence electrons. The molecule has 0 saturated heterocycles. The topological polar surface area (TPSA) is 61.0 Å². The molecule has 5 heteroatoms. The molecule has 5 nitrogen and oxygen atoms in total. The van der Waals surface area contributed by atoms with E-state index >= 15 is 0 Å². The molecule has 0 unspecified atom stereocenters. The Hall–Kier alpha value is -1.36. The standard InChI is InChI=1S/C15H26N4O/c1-4-13(15(20)18-12-7-5-6-8-12)19(3)10-14-16-9-11(2)17-14/h9,12-13H,4-8,10H2,1-3H3,(H,16,17)(H,18,20)/t13-/m1/s1. The van der Waals surface area contributed by atoms with Crippen LogP contribution in [0.3, 0.4) is 0 Å². The van der Waals surface area contributed by atoms with Crippen LogP contribution in [0.4, 0.5) is 0 Å². The maximum absolute atomic E-state index is 12.4. The number of hydrogen-bond acceptors (Lipinski definition) is 3. The van der Waals surface area contributed by atoms with E-state index in [-0.39, 0.29) is 11.9 Å². The first-order valence-corrected chi connectivity index (χ1v) is 7.61. The van der Waals surface area contributed by atoms with E-state index in [1.165, 1.54) is 12.8 Å². The van der Waals surface area contributed by atoms with Crippen LogP contribution in [-0.2, 0) is 11.3 Å². The zero-order chi connectivity index (χ0) is 14.5. The van der Waals surface area contributed by atoms with Gasteiger partial charge in [0.1, 0.15) is 5.82 Å². The Labute approximate surface area is 121 Å². The molecule has 1 atom stereocenters. The summed E-state index contributed by atoms with van der Waals surface area (Å²) >= 11 is 0. The molecule has 1 fully saturated rings. The van der Waals surface area contributed by atoms with Crippen LogP contribution in [0.2, 0.25) is 0 Å². The van der Waals surface area contributed by atoms with Crippen LogP contribution in [0.1, 0.15) is 50.5 Å². The quantitative estimate of drug-likeness (QED) is 0.836. The highest BCUT2D eigenvalue weighted by molar-refractivity contribution is 5.81. The van der Waals surface area contributed by atoms with Crippen molar-refractivity contribution in [1.29, 1.82) is 0 Å². The fraction of sp³-hybridized carbons (Fsp3) is 0.733. The predicted octanol–water partition coefficient (Wildman–Crippen LogP) is 1.99. The Bertz CT molecular complexity index is 437. The minimum absolute atomic E-state index is 0.0824. The van der Waals surface area contributed by atoms with Crippen molar-refractivity contribution in [2.45, 2.75) is 64.6 Å². The number of carbonyl (C=O) groups excluding carboxylic acids is 1. The Kier molecular flexibility index (Phi) is 5.17. The number of carbonyl (C=O) groups is 1. The fourth-order valence-electron chi connectivity index (χ4n) is 2.96. The molecule has 1 aromatic rings. The minimum atomic E-state index is -0.0824. The average molecular weight is 278 g/mol. The molecule has 0 aromatic carbocycles. The van der Waals surface area contributed by atoms with Gasteiger partial charge in [0.2, 0.25) is 5.91 Å². The first-order valence-electron chi connectivity index (χ1n) is 7.61. The number of aromatic amines is 1. The second-order valence-corrected chi connectivity index (χ2v) is 5.84. The number of amides is 1. The summed E-state index contributed by atoms with van der Waals surface area (Å²) in [5.41, 5.74) is 1.05. The summed E-state index contributed by atoms with van der Waals surface area (Å²) in [6.45, 7) is 4.72. The maximum atomic E-state index is 12.4. The summed E-state index contributed by atoms with van der Waals surface area (Å²) in [6, 6.07) is 0.303. The third-order valence-corrected chi connectivity index (χ3v) is 4.08. The van der Waals surface area contributed by atoms with Gasteiger partial charge in [0.25, 0.3) is 0 Å². The van der Waals surface area contributed by atoms with Gasteiger partial charge in [0.15, 0.2) is 0 Å². The van der Waals surface area contributed by atoms with E-state index in [1.807, 2.05) is 20.2 Å². The van der Waals surface area contributed by atoms with Crippen LogP contribution < -0.4 is 5.32 Å². The summed E-state index contributed by atoms with van der Waals surface area (Å²) in [7, 11) is 1.99. The molecular weight excluding hydrogens is 252 g/mol. The van der Waals surface area contributed by atoms with Crippen LogP contribution in [0.25, 0.3) is 0 Å². The van der Waals surface area contributed by atoms with Crippen LogP contribution in [0.15, 0.2) is 6.20 Å². The molecule has 0 aliphatic heterocycles. The van der Waals surface area contributed by atoms with Gasteiger partial charge < -0.3 is 10.3 Å². The summed E-state index contributed by atoms with van der Waals surface area (Å²) in [5.74, 6) is 1.07. The van der Waals surface area contributed by atoms with Gasteiger partial charge in [-0.1, -0.05) is 19.8 Å². The summed E-state index contributed by atoms with van der Waals surface area (Å²) in [6.07, 6.45) is 7.37. The Balaban J connectivity index is 1.90. The molecule has 1 heterocycles. The summed E-state index contributed by atoms with van der Waals surface area (Å²) in [5, 5.41) is 3.19. The Morgan fingerprint density at radius 3 is 2.80 bits per heavy atom. The van der Waals surface area contributed by atoms with Crippen molar-refractivity contribution in [3.05, 3.63) is 17.7 Å². The van der Waals surface area contributed by atoms with E-state index in [1.54, 1.807) is 0 Å². The van der Waals surface area contributed by atoms with Crippen LogP contribution in [0, 0.1) is 6.92 Å². The minimum Gasteiger partial charge on any atom is -0.352 e. The number of nitrogens with one attached hydrogen (secondary N) is 2. The summed E-state index contributed by atoms with van der Waals surface area (Å²) in [4.78, 5) is 22.0. The zero-order valence-electron chi connectivity index (χ0n) is 12.8. The third kappa shape index (κ3) is 3.82. The van der Waals surface area contributed by atoms with Crippen molar-refractivity contribution >= 4 is 5.91 Å². The number of nitrogens with zero attached hydrogens (tertiary/aromatic N) is 2. The lowest BCUT2D eigenvalue weighted by Gasteiger charge is -2.26. The van der Waals surface area contributed by atoms with Crippen molar-refractivity contribution in [2.75, 3.05) is 7.05 Å². The van der Waals surface area contributed by atoms with Gasteiger partial charge in [-0.25, -0.2) is 4.98 Å². The average Bonchev–Trinajstić information content (AvgIpc) is 3.02. The van der Waals surface area contributed by atoms with Gasteiger partial charge in [-0.05, 0) is 33.2 Å². The molecule has 0 bridgehead atoms. The van der Waals surface area contributed by atoms with Gasteiger partial charge in [-0.3, -0.25) is 9.69 Å². The number of likely N-dealkylation sites (N-methyl/N-ethyl adjacent to an activating group) is 1. The van der Waals surface area contributed by atoms with E-state index in [2.05, 4.69) is 27.1 Å². The van der Waals surface area contributed by atoms with Crippen molar-refractivity contribution in [2.24, 2.45) is 0 Å². The highest BCUT2D eigenvalue weighted by Gasteiger charge is 2.25. The molecule has 1 aliphatic carbocycles. The van der Waals surface area contributed by atoms with Crippen molar-refractivity contribution in [3.63, 3.8) is 0 Å². The summed E-state index contributed by atoms with van der Waals surface area (Å²) < 4.78 is 0. The highest BCUT2D eigenvalue weighted by Crippen LogP contribution is 2.18. The number of aromatic nitrogens is 2. The van der Waals surface area contributed by atoms with E-state index in [4.69, 9.17) is 0 Å². The number of H-pyrrole nitrogens is 1. The van der Waals surface area contributed by atoms with E-state index in [0.717, 1.165) is 30.8 Å². The number of aryl methyl sites for hydroxylation is 1. The zero-order valence-corrected chi connectivity index (χ0v) is 12.8. The molecule has 1 amide bonds. The number of hydrogen-bond donors (Lipinski definition) is 2. The normalized spacial score (nSPS) is 17.6. The Morgan fingerprint density at radius 2 is 2.25 bits per heavy atom. The van der Waals surface area contributed by atoms with E-state index in [9.17, 15) is 4.79 Å². The molecule has 2 N–H and O–H groups in total. The lowest BCUT2D eigenvalue weighted by Crippen LogP contribution is -2.47. The molecule has 1 saturated carbocycles. The fourth-order valence-corrected chi connectivity index (χ4v) is 2.96. The smallest absolute Gasteiger partial charge is 0.237 e. The molecule has 1 aliphatic rings. The highest BCUT2D eigenvalue weighted by atomic mass is 16.2. The first kappa shape index (κ1) is 15.0. The second-order valence-electron chi connectivity index (χ2n) is 5.84. The van der Waals surface area contributed by atoms with Gasteiger partial charge in [-0.15, -0.1) is 0 Å². The van der Waals surface area contributed by atoms with Gasteiger partial charge in [0, 0.05) is 17.9 Å². The largest absolute Gasteiger partial charge is 0.352 e. The predicted molar refractivity (Wildman–Crippen MR) is 79.3 cm³/mol. The number of rotatable bonds is 6. The van der Waals surface area contributed by atoms with E-state index < -0.39 is 0 Å². The monoisotopic (exact) mass is 278 g/mol. The van der Waals surface area contributed by atoms with Gasteiger partial charge in [-0.2, -0.15) is 0 Å².